The Kier molecular flexibility index (Phi) is 5.77. The van der Waals surface area contributed by atoms with E-state index in [9.17, 15) is 9.59 Å². The van der Waals surface area contributed by atoms with Crippen molar-refractivity contribution in [2.75, 3.05) is 11.9 Å². The second-order valence-corrected chi connectivity index (χ2v) is 5.77. The first-order valence-corrected chi connectivity index (χ1v) is 7.59. The van der Waals surface area contributed by atoms with Crippen molar-refractivity contribution in [1.82, 2.24) is 0 Å². The molecular formula is C18H18ClNO3. The first kappa shape index (κ1) is 17.0. The third-order valence-corrected chi connectivity index (χ3v) is 3.53. The number of rotatable bonds is 5. The number of benzene rings is 2. The number of esters is 1. The molecule has 0 fully saturated rings. The third kappa shape index (κ3) is 5.42. The number of anilines is 1. The first-order valence-electron chi connectivity index (χ1n) is 7.21. The second kappa shape index (κ2) is 7.79. The number of halogens is 1. The monoisotopic (exact) mass is 331 g/mol. The van der Waals surface area contributed by atoms with Crippen LogP contribution in [-0.4, -0.2) is 18.5 Å². The van der Waals surface area contributed by atoms with Crippen molar-refractivity contribution in [2.24, 2.45) is 0 Å². The molecule has 0 bridgehead atoms. The molecule has 0 aliphatic carbocycles. The third-order valence-electron chi connectivity index (χ3n) is 3.30. The number of amides is 1. The Labute approximate surface area is 140 Å². The van der Waals surface area contributed by atoms with Crippen molar-refractivity contribution in [1.29, 1.82) is 0 Å². The maximum Gasteiger partial charge on any atom is 0.310 e. The van der Waals surface area contributed by atoms with E-state index >= 15 is 0 Å². The highest BCUT2D eigenvalue weighted by atomic mass is 35.5. The fraction of sp³-hybridized carbons (Fsp3) is 0.222. The molecule has 2 rings (SSSR count). The highest BCUT2D eigenvalue weighted by Gasteiger charge is 2.10. The molecular weight excluding hydrogens is 314 g/mol. The highest BCUT2D eigenvalue weighted by molar-refractivity contribution is 6.30. The van der Waals surface area contributed by atoms with Crippen molar-refractivity contribution >= 4 is 29.2 Å². The summed E-state index contributed by atoms with van der Waals surface area (Å²) in [4.78, 5) is 23.6. The van der Waals surface area contributed by atoms with Gasteiger partial charge in [0.15, 0.2) is 6.61 Å². The number of carbonyl (C=O) groups is 2. The Morgan fingerprint density at radius 2 is 1.78 bits per heavy atom. The maximum absolute atomic E-state index is 11.8. The van der Waals surface area contributed by atoms with Crippen LogP contribution in [0.15, 0.2) is 42.5 Å². The molecule has 0 aromatic heterocycles. The topological polar surface area (TPSA) is 55.4 Å². The summed E-state index contributed by atoms with van der Waals surface area (Å²) in [5, 5.41) is 3.29. The highest BCUT2D eigenvalue weighted by Crippen LogP contribution is 2.19. The van der Waals surface area contributed by atoms with Gasteiger partial charge in [0.2, 0.25) is 0 Å². The van der Waals surface area contributed by atoms with E-state index in [1.165, 1.54) is 0 Å². The minimum absolute atomic E-state index is 0.146. The summed E-state index contributed by atoms with van der Waals surface area (Å²) >= 11 is 5.86. The number of hydrogen-bond donors (Lipinski definition) is 1. The SMILES string of the molecule is Cc1ccc(CC(=O)OCC(=O)Nc2ccc(Cl)cc2C)cc1. The van der Waals surface area contributed by atoms with Crippen LogP contribution in [0.2, 0.25) is 5.02 Å². The van der Waals surface area contributed by atoms with Gasteiger partial charge >= 0.3 is 5.97 Å². The Hall–Kier alpha value is -2.33. The van der Waals surface area contributed by atoms with Crippen molar-refractivity contribution in [3.63, 3.8) is 0 Å². The Bertz CT molecular complexity index is 711. The van der Waals surface area contributed by atoms with Crippen LogP contribution >= 0.6 is 11.6 Å². The Morgan fingerprint density at radius 1 is 1.09 bits per heavy atom. The quantitative estimate of drug-likeness (QED) is 0.850. The van der Waals surface area contributed by atoms with Gasteiger partial charge in [-0.1, -0.05) is 41.4 Å². The van der Waals surface area contributed by atoms with E-state index < -0.39 is 5.97 Å². The van der Waals surface area contributed by atoms with Gasteiger partial charge in [-0.2, -0.15) is 0 Å². The standard InChI is InChI=1S/C18H18ClNO3/c1-12-3-5-14(6-4-12)10-18(22)23-11-17(21)20-16-8-7-15(19)9-13(16)2/h3-9H,10-11H2,1-2H3,(H,20,21). The van der Waals surface area contributed by atoms with Gasteiger partial charge in [0.05, 0.1) is 6.42 Å². The molecule has 4 nitrogen and oxygen atoms in total. The predicted molar refractivity (Wildman–Crippen MR) is 90.7 cm³/mol. The van der Waals surface area contributed by atoms with Crippen LogP contribution in [-0.2, 0) is 20.7 Å². The van der Waals surface area contributed by atoms with E-state index in [1.807, 2.05) is 38.1 Å². The summed E-state index contributed by atoms with van der Waals surface area (Å²) in [7, 11) is 0. The number of carbonyl (C=O) groups excluding carboxylic acids is 2. The average Bonchev–Trinajstić information content (AvgIpc) is 2.50. The fourth-order valence-electron chi connectivity index (χ4n) is 2.02. The summed E-state index contributed by atoms with van der Waals surface area (Å²) in [6.07, 6.45) is 0.146. The molecule has 0 heterocycles. The molecule has 1 amide bonds. The van der Waals surface area contributed by atoms with Crippen LogP contribution in [0.4, 0.5) is 5.69 Å². The van der Waals surface area contributed by atoms with Gasteiger partial charge in [-0.05, 0) is 43.2 Å². The van der Waals surface area contributed by atoms with E-state index in [2.05, 4.69) is 5.32 Å². The lowest BCUT2D eigenvalue weighted by Crippen LogP contribution is -2.22. The lowest BCUT2D eigenvalue weighted by molar-refractivity contribution is -0.146. The molecule has 1 N–H and O–H groups in total. The summed E-state index contributed by atoms with van der Waals surface area (Å²) in [6, 6.07) is 12.7. The molecule has 0 saturated carbocycles. The van der Waals surface area contributed by atoms with Gasteiger partial charge in [0.1, 0.15) is 0 Å². The molecule has 2 aromatic rings. The largest absolute Gasteiger partial charge is 0.455 e. The summed E-state index contributed by atoms with van der Waals surface area (Å²) in [5.41, 5.74) is 3.47. The normalized spacial score (nSPS) is 10.2. The van der Waals surface area contributed by atoms with Crippen LogP contribution in [0.3, 0.4) is 0 Å². The van der Waals surface area contributed by atoms with Gasteiger partial charge < -0.3 is 10.1 Å². The smallest absolute Gasteiger partial charge is 0.310 e. The van der Waals surface area contributed by atoms with Gasteiger partial charge in [0, 0.05) is 10.7 Å². The zero-order valence-electron chi connectivity index (χ0n) is 13.1. The minimum Gasteiger partial charge on any atom is -0.455 e. The second-order valence-electron chi connectivity index (χ2n) is 5.33. The summed E-state index contributed by atoms with van der Waals surface area (Å²) < 4.78 is 5.00. The van der Waals surface area contributed by atoms with Crippen molar-refractivity contribution in [3.8, 4) is 0 Å². The molecule has 0 saturated heterocycles. The molecule has 0 unspecified atom stereocenters. The predicted octanol–water partition coefficient (Wildman–Crippen LogP) is 3.68. The van der Waals surface area contributed by atoms with Crippen molar-refractivity contribution in [2.45, 2.75) is 20.3 Å². The molecule has 23 heavy (non-hydrogen) atoms. The molecule has 0 radical (unpaired) electrons. The van der Waals surface area contributed by atoms with Crippen molar-refractivity contribution < 1.29 is 14.3 Å². The molecule has 0 aliphatic rings. The van der Waals surface area contributed by atoms with Crippen LogP contribution in [0, 0.1) is 13.8 Å². The van der Waals surface area contributed by atoms with Gasteiger partial charge in [0.25, 0.3) is 5.91 Å². The van der Waals surface area contributed by atoms with E-state index in [-0.39, 0.29) is 18.9 Å². The Morgan fingerprint density at radius 3 is 2.43 bits per heavy atom. The molecule has 120 valence electrons. The first-order chi connectivity index (χ1) is 10.9. The summed E-state index contributed by atoms with van der Waals surface area (Å²) in [6.45, 7) is 3.50. The molecule has 5 heteroatoms. The zero-order valence-corrected chi connectivity index (χ0v) is 13.8. The van der Waals surface area contributed by atoms with Gasteiger partial charge in [-0.3, -0.25) is 9.59 Å². The van der Waals surface area contributed by atoms with E-state index in [0.717, 1.165) is 16.7 Å². The fourth-order valence-corrected chi connectivity index (χ4v) is 2.25. The van der Waals surface area contributed by atoms with Crippen LogP contribution < -0.4 is 5.32 Å². The zero-order chi connectivity index (χ0) is 16.8. The van der Waals surface area contributed by atoms with Crippen LogP contribution in [0.25, 0.3) is 0 Å². The molecule has 0 spiro atoms. The number of aryl methyl sites for hydroxylation is 2. The van der Waals surface area contributed by atoms with Gasteiger partial charge in [-0.25, -0.2) is 0 Å². The van der Waals surface area contributed by atoms with E-state index in [1.54, 1.807) is 18.2 Å². The number of ether oxygens (including phenoxy) is 1. The van der Waals surface area contributed by atoms with E-state index in [0.29, 0.717) is 10.7 Å². The van der Waals surface area contributed by atoms with Crippen LogP contribution in [0.1, 0.15) is 16.7 Å². The van der Waals surface area contributed by atoms with E-state index in [4.69, 9.17) is 16.3 Å². The van der Waals surface area contributed by atoms with Crippen LogP contribution in [0.5, 0.6) is 0 Å². The molecule has 0 atom stereocenters. The average molecular weight is 332 g/mol. The number of nitrogens with one attached hydrogen (secondary N) is 1. The maximum atomic E-state index is 11.8. The lowest BCUT2D eigenvalue weighted by atomic mass is 10.1. The minimum atomic E-state index is -0.433. The van der Waals surface area contributed by atoms with Gasteiger partial charge in [-0.15, -0.1) is 0 Å². The molecule has 2 aromatic carbocycles. The summed E-state index contributed by atoms with van der Waals surface area (Å²) in [5.74, 6) is -0.815. The Balaban J connectivity index is 1.81. The van der Waals surface area contributed by atoms with Crippen molar-refractivity contribution in [3.05, 3.63) is 64.2 Å². The lowest BCUT2D eigenvalue weighted by Gasteiger charge is -2.09. The molecule has 0 aliphatic heterocycles. The number of hydrogen-bond acceptors (Lipinski definition) is 3.